The summed E-state index contributed by atoms with van der Waals surface area (Å²) in [7, 11) is 0. The molecule has 0 aromatic heterocycles. The molecule has 0 unspecified atom stereocenters. The molecule has 2 aromatic carbocycles. The molecule has 120 valence electrons. The lowest BCUT2D eigenvalue weighted by Crippen LogP contribution is -2.36. The van der Waals surface area contributed by atoms with Crippen molar-refractivity contribution in [2.24, 2.45) is 0 Å². The molecule has 23 heavy (non-hydrogen) atoms. The van der Waals surface area contributed by atoms with Gasteiger partial charge < -0.3 is 10.0 Å². The minimum absolute atomic E-state index is 0.0313. The van der Waals surface area contributed by atoms with E-state index in [1.165, 1.54) is 0 Å². The minimum atomic E-state index is 0.0313. The number of hydrogen-bond acceptors (Lipinski definition) is 2. The highest BCUT2D eigenvalue weighted by Crippen LogP contribution is 2.32. The first-order chi connectivity index (χ1) is 11.3. The zero-order chi connectivity index (χ0) is 16.1. The van der Waals surface area contributed by atoms with Gasteiger partial charge in [0.2, 0.25) is 5.91 Å². The number of aliphatic hydroxyl groups excluding tert-OH is 1. The molecular formula is C20H23NO2. The predicted octanol–water partition coefficient (Wildman–Crippen LogP) is 3.19. The van der Waals surface area contributed by atoms with Gasteiger partial charge in [-0.15, -0.1) is 0 Å². The van der Waals surface area contributed by atoms with Crippen LogP contribution in [-0.4, -0.2) is 35.1 Å². The topological polar surface area (TPSA) is 40.5 Å². The Morgan fingerprint density at radius 2 is 1.52 bits per heavy atom. The molecule has 0 bridgehead atoms. The third kappa shape index (κ3) is 3.99. The van der Waals surface area contributed by atoms with Crippen molar-refractivity contribution in [2.45, 2.75) is 31.2 Å². The van der Waals surface area contributed by atoms with Crippen LogP contribution in [0.4, 0.5) is 0 Å². The normalized spacial score (nSPS) is 14.0. The van der Waals surface area contributed by atoms with Crippen LogP contribution in [0.1, 0.15) is 36.3 Å². The van der Waals surface area contributed by atoms with Gasteiger partial charge in [-0.05, 0) is 24.0 Å². The summed E-state index contributed by atoms with van der Waals surface area (Å²) in [5, 5.41) is 9.24. The van der Waals surface area contributed by atoms with E-state index in [2.05, 4.69) is 24.3 Å². The molecular weight excluding hydrogens is 286 g/mol. The highest BCUT2D eigenvalue weighted by atomic mass is 16.3. The van der Waals surface area contributed by atoms with Gasteiger partial charge >= 0.3 is 0 Å². The molecule has 0 radical (unpaired) electrons. The van der Waals surface area contributed by atoms with E-state index >= 15 is 0 Å². The van der Waals surface area contributed by atoms with Crippen LogP contribution in [0, 0.1) is 0 Å². The Hall–Kier alpha value is -2.13. The highest BCUT2D eigenvalue weighted by Gasteiger charge is 2.33. The van der Waals surface area contributed by atoms with E-state index in [1.54, 1.807) is 0 Å². The van der Waals surface area contributed by atoms with E-state index in [-0.39, 0.29) is 18.4 Å². The quantitative estimate of drug-likeness (QED) is 0.853. The van der Waals surface area contributed by atoms with Gasteiger partial charge in [-0.1, -0.05) is 60.7 Å². The number of nitrogens with zero attached hydrogens (tertiary/aromatic N) is 1. The van der Waals surface area contributed by atoms with Crippen molar-refractivity contribution in [3.63, 3.8) is 0 Å². The van der Waals surface area contributed by atoms with Gasteiger partial charge in [0.15, 0.2) is 0 Å². The third-order valence-electron chi connectivity index (χ3n) is 4.43. The van der Waals surface area contributed by atoms with Crippen LogP contribution >= 0.6 is 0 Å². The molecule has 1 N–H and O–H groups in total. The van der Waals surface area contributed by atoms with E-state index in [4.69, 9.17) is 0 Å². The maximum absolute atomic E-state index is 12.8. The van der Waals surface area contributed by atoms with Crippen LogP contribution in [0.15, 0.2) is 60.7 Å². The Morgan fingerprint density at radius 3 is 1.96 bits per heavy atom. The van der Waals surface area contributed by atoms with E-state index in [0.717, 1.165) is 24.0 Å². The molecule has 1 aliphatic rings. The Kier molecular flexibility index (Phi) is 5.09. The fourth-order valence-corrected chi connectivity index (χ4v) is 3.10. The summed E-state index contributed by atoms with van der Waals surface area (Å²) < 4.78 is 0. The van der Waals surface area contributed by atoms with Crippen LogP contribution in [0.5, 0.6) is 0 Å². The average Bonchev–Trinajstić information content (AvgIpc) is 3.44. The molecule has 1 aliphatic carbocycles. The molecule has 3 nitrogen and oxygen atoms in total. The number of rotatable bonds is 7. The summed E-state index contributed by atoms with van der Waals surface area (Å²) in [6.07, 6.45) is 2.57. The van der Waals surface area contributed by atoms with Crippen molar-refractivity contribution in [1.82, 2.24) is 4.90 Å². The molecule has 0 spiro atoms. The molecule has 1 amide bonds. The van der Waals surface area contributed by atoms with Crippen molar-refractivity contribution in [2.75, 3.05) is 13.2 Å². The van der Waals surface area contributed by atoms with Gasteiger partial charge in [-0.3, -0.25) is 4.79 Å². The lowest BCUT2D eigenvalue weighted by Gasteiger charge is -2.25. The summed E-state index contributed by atoms with van der Waals surface area (Å²) in [6, 6.07) is 20.7. The molecule has 0 aliphatic heterocycles. The van der Waals surface area contributed by atoms with E-state index in [9.17, 15) is 9.90 Å². The maximum Gasteiger partial charge on any atom is 0.223 e. The monoisotopic (exact) mass is 309 g/mol. The first kappa shape index (κ1) is 15.8. The number of hydrogen-bond donors (Lipinski definition) is 1. The fraction of sp³-hybridized carbons (Fsp3) is 0.350. The van der Waals surface area contributed by atoms with Crippen LogP contribution < -0.4 is 0 Å². The first-order valence-corrected chi connectivity index (χ1v) is 8.30. The van der Waals surface area contributed by atoms with Crippen molar-refractivity contribution in [3.8, 4) is 0 Å². The second kappa shape index (κ2) is 7.42. The maximum atomic E-state index is 12.8. The lowest BCUT2D eigenvalue weighted by atomic mass is 9.88. The SMILES string of the molecule is O=C(CC(c1ccccc1)c1ccccc1)N(CCO)C1CC1. The van der Waals surface area contributed by atoms with Crippen LogP contribution in [0.2, 0.25) is 0 Å². The zero-order valence-corrected chi connectivity index (χ0v) is 13.3. The molecule has 1 saturated carbocycles. The van der Waals surface area contributed by atoms with Crippen molar-refractivity contribution < 1.29 is 9.90 Å². The van der Waals surface area contributed by atoms with Crippen molar-refractivity contribution in [1.29, 1.82) is 0 Å². The predicted molar refractivity (Wildman–Crippen MR) is 91.2 cm³/mol. The average molecular weight is 309 g/mol. The summed E-state index contributed by atoms with van der Waals surface area (Å²) >= 11 is 0. The van der Waals surface area contributed by atoms with Crippen LogP contribution in [0.3, 0.4) is 0 Å². The third-order valence-corrected chi connectivity index (χ3v) is 4.43. The summed E-state index contributed by atoms with van der Waals surface area (Å²) in [5.74, 6) is 0.198. The molecule has 1 fully saturated rings. The number of carbonyl (C=O) groups is 1. The van der Waals surface area contributed by atoms with Gasteiger partial charge in [0.1, 0.15) is 0 Å². The van der Waals surface area contributed by atoms with E-state index in [0.29, 0.717) is 19.0 Å². The van der Waals surface area contributed by atoms with Crippen LogP contribution in [-0.2, 0) is 4.79 Å². The number of amides is 1. The summed E-state index contributed by atoms with van der Waals surface area (Å²) in [4.78, 5) is 14.6. The van der Waals surface area contributed by atoms with Gasteiger partial charge in [-0.25, -0.2) is 0 Å². The first-order valence-electron chi connectivity index (χ1n) is 8.30. The summed E-state index contributed by atoms with van der Waals surface area (Å²) in [6.45, 7) is 0.476. The molecule has 0 heterocycles. The van der Waals surface area contributed by atoms with E-state index in [1.807, 2.05) is 41.3 Å². The molecule has 3 heteroatoms. The van der Waals surface area contributed by atoms with Gasteiger partial charge in [0, 0.05) is 24.9 Å². The van der Waals surface area contributed by atoms with E-state index < -0.39 is 0 Å². The Morgan fingerprint density at radius 1 is 1.00 bits per heavy atom. The standard InChI is InChI=1S/C20H23NO2/c22-14-13-21(18-11-12-18)20(23)15-19(16-7-3-1-4-8-16)17-9-5-2-6-10-17/h1-10,18-19,22H,11-15H2. The Bertz CT molecular complexity index is 583. The van der Waals surface area contributed by atoms with Crippen molar-refractivity contribution in [3.05, 3.63) is 71.8 Å². The largest absolute Gasteiger partial charge is 0.395 e. The van der Waals surface area contributed by atoms with Gasteiger partial charge in [0.05, 0.1) is 6.61 Å². The van der Waals surface area contributed by atoms with Crippen molar-refractivity contribution >= 4 is 5.91 Å². The molecule has 0 saturated heterocycles. The number of aliphatic hydroxyl groups is 1. The molecule has 0 atom stereocenters. The van der Waals surface area contributed by atoms with Crippen LogP contribution in [0.25, 0.3) is 0 Å². The smallest absolute Gasteiger partial charge is 0.223 e. The molecule has 2 aromatic rings. The lowest BCUT2D eigenvalue weighted by molar-refractivity contribution is -0.132. The second-order valence-electron chi connectivity index (χ2n) is 6.12. The number of carbonyl (C=O) groups excluding carboxylic acids is 1. The Labute approximate surface area is 137 Å². The highest BCUT2D eigenvalue weighted by molar-refractivity contribution is 5.78. The number of benzene rings is 2. The second-order valence-corrected chi connectivity index (χ2v) is 6.12. The zero-order valence-electron chi connectivity index (χ0n) is 13.3. The summed E-state index contributed by atoms with van der Waals surface area (Å²) in [5.41, 5.74) is 2.32. The Balaban J connectivity index is 1.82. The minimum Gasteiger partial charge on any atom is -0.395 e. The molecule has 3 rings (SSSR count). The fourth-order valence-electron chi connectivity index (χ4n) is 3.10. The van der Waals surface area contributed by atoms with Gasteiger partial charge in [0.25, 0.3) is 0 Å². The van der Waals surface area contributed by atoms with Gasteiger partial charge in [-0.2, -0.15) is 0 Å².